The Morgan fingerprint density at radius 1 is 0.889 bits per heavy atom. The van der Waals surface area contributed by atoms with Gasteiger partial charge in [-0.05, 0) is 12.1 Å². The quantitative estimate of drug-likeness (QED) is 0.619. The van der Waals surface area contributed by atoms with Gasteiger partial charge in [0.15, 0.2) is 6.29 Å². The maximum Gasteiger partial charge on any atom is 0.431 e. The monoisotopic (exact) mass is 427 g/mol. The lowest BCUT2D eigenvalue weighted by Crippen LogP contribution is -2.55. The minimum absolute atomic E-state index is 0.132. The van der Waals surface area contributed by atoms with Crippen LogP contribution in [0.25, 0.3) is 0 Å². The molecule has 2 rings (SSSR count). The highest BCUT2D eigenvalue weighted by Gasteiger charge is 2.41. The van der Waals surface area contributed by atoms with Gasteiger partial charge in [-0.3, -0.25) is 4.79 Å². The first-order valence-electron chi connectivity index (χ1n) is 6.69. The Balaban J connectivity index is 2.44. The second kappa shape index (κ2) is 6.69. The highest BCUT2D eigenvalue weighted by Crippen LogP contribution is 2.43. The molecular formula is C13H7ClF9N3O. The molecule has 0 aromatic heterocycles. The van der Waals surface area contributed by atoms with Crippen molar-refractivity contribution in [2.75, 3.05) is 5.32 Å². The van der Waals surface area contributed by atoms with Gasteiger partial charge in [0.05, 0.1) is 21.8 Å². The van der Waals surface area contributed by atoms with Crippen molar-refractivity contribution in [3.05, 3.63) is 40.1 Å². The Bertz CT molecular complexity index is 783. The van der Waals surface area contributed by atoms with Crippen LogP contribution in [0.15, 0.2) is 23.9 Å². The molecule has 0 bridgehead atoms. The standard InChI is InChI=1S/C13H7ClF9N3O/c14-9-5(12(18,19)20)1-4(11(15,16)17)2-6(9)24-10-25-7(13(21,22)23)3-8(27)26-10/h1-3,10,24-25H,(H,26,27). The fraction of sp³-hybridized carbons (Fsp3) is 0.308. The zero-order chi connectivity index (χ0) is 20.8. The van der Waals surface area contributed by atoms with E-state index in [1.54, 1.807) is 5.32 Å². The summed E-state index contributed by atoms with van der Waals surface area (Å²) in [4.78, 5) is 11.3. The van der Waals surface area contributed by atoms with Crippen LogP contribution in [0.4, 0.5) is 45.2 Å². The molecular weight excluding hydrogens is 421 g/mol. The van der Waals surface area contributed by atoms with Crippen LogP contribution in [-0.4, -0.2) is 18.4 Å². The van der Waals surface area contributed by atoms with E-state index in [0.717, 1.165) is 0 Å². The summed E-state index contributed by atoms with van der Waals surface area (Å²) < 4.78 is 115. The Morgan fingerprint density at radius 3 is 1.96 bits per heavy atom. The van der Waals surface area contributed by atoms with Gasteiger partial charge in [0.2, 0.25) is 5.91 Å². The van der Waals surface area contributed by atoms with Crippen molar-refractivity contribution < 1.29 is 44.3 Å². The van der Waals surface area contributed by atoms with Gasteiger partial charge in [-0.2, -0.15) is 39.5 Å². The van der Waals surface area contributed by atoms with Crippen molar-refractivity contribution in [1.29, 1.82) is 0 Å². The SMILES string of the molecule is O=C1C=C(C(F)(F)F)NC(Nc2cc(C(F)(F)F)cc(C(F)(F)F)c2Cl)N1. The Kier molecular flexibility index (Phi) is 5.20. The first-order valence-corrected chi connectivity index (χ1v) is 7.07. The number of carbonyl (C=O) groups is 1. The Morgan fingerprint density at radius 2 is 1.48 bits per heavy atom. The van der Waals surface area contributed by atoms with E-state index in [2.05, 4.69) is 0 Å². The number of rotatable bonds is 2. The summed E-state index contributed by atoms with van der Waals surface area (Å²) in [7, 11) is 0. The number of hydrogen-bond acceptors (Lipinski definition) is 3. The van der Waals surface area contributed by atoms with Gasteiger partial charge in [0.1, 0.15) is 5.70 Å². The predicted molar refractivity (Wildman–Crippen MR) is 74.3 cm³/mol. The van der Waals surface area contributed by atoms with E-state index in [-0.39, 0.29) is 18.2 Å². The minimum Gasteiger partial charge on any atom is -0.347 e. The molecule has 1 aromatic carbocycles. The van der Waals surface area contributed by atoms with Crippen molar-refractivity contribution in [2.45, 2.75) is 24.8 Å². The average molecular weight is 428 g/mol. The van der Waals surface area contributed by atoms with E-state index < -0.39 is 58.3 Å². The van der Waals surface area contributed by atoms with Crippen molar-refractivity contribution in [3.63, 3.8) is 0 Å². The van der Waals surface area contributed by atoms with Crippen LogP contribution in [0.3, 0.4) is 0 Å². The number of amides is 1. The number of alkyl halides is 9. The van der Waals surface area contributed by atoms with E-state index in [1.807, 2.05) is 10.6 Å². The summed E-state index contributed by atoms with van der Waals surface area (Å²) in [6, 6.07) is -0.0571. The van der Waals surface area contributed by atoms with Crippen molar-refractivity contribution in [2.24, 2.45) is 0 Å². The summed E-state index contributed by atoms with van der Waals surface area (Å²) in [6.07, 6.45) is -17.2. The number of anilines is 1. The third kappa shape index (κ3) is 4.90. The molecule has 0 saturated heterocycles. The molecule has 14 heteroatoms. The molecule has 1 aliphatic rings. The molecule has 4 nitrogen and oxygen atoms in total. The van der Waals surface area contributed by atoms with Gasteiger partial charge in [0, 0.05) is 6.08 Å². The molecule has 1 unspecified atom stereocenters. The van der Waals surface area contributed by atoms with Crippen molar-refractivity contribution in [1.82, 2.24) is 10.6 Å². The van der Waals surface area contributed by atoms with Crippen molar-refractivity contribution >= 4 is 23.2 Å². The summed E-state index contributed by atoms with van der Waals surface area (Å²) in [6.45, 7) is 0. The first kappa shape index (κ1) is 21.0. The molecule has 0 radical (unpaired) electrons. The second-order valence-corrected chi connectivity index (χ2v) is 5.54. The van der Waals surface area contributed by atoms with Crippen LogP contribution in [0, 0.1) is 0 Å². The van der Waals surface area contributed by atoms with E-state index in [0.29, 0.717) is 0 Å². The molecule has 1 atom stereocenters. The van der Waals surface area contributed by atoms with Crippen LogP contribution in [0.1, 0.15) is 11.1 Å². The second-order valence-electron chi connectivity index (χ2n) is 5.17. The molecule has 1 amide bonds. The molecule has 3 N–H and O–H groups in total. The zero-order valence-electron chi connectivity index (χ0n) is 12.5. The van der Waals surface area contributed by atoms with Gasteiger partial charge in [0.25, 0.3) is 0 Å². The number of nitrogens with one attached hydrogen (secondary N) is 3. The maximum absolute atomic E-state index is 12.9. The highest BCUT2D eigenvalue weighted by atomic mass is 35.5. The third-order valence-electron chi connectivity index (χ3n) is 3.17. The Labute approximate surface area is 149 Å². The molecule has 1 aromatic rings. The lowest BCUT2D eigenvalue weighted by atomic mass is 10.1. The van der Waals surface area contributed by atoms with E-state index in [1.165, 1.54) is 0 Å². The number of allylic oxidation sites excluding steroid dienone is 1. The van der Waals surface area contributed by atoms with E-state index >= 15 is 0 Å². The van der Waals surface area contributed by atoms with Crippen LogP contribution in [-0.2, 0) is 17.1 Å². The summed E-state index contributed by atoms with van der Waals surface area (Å²) in [5, 5.41) is 4.22. The Hall–Kier alpha value is -2.31. The van der Waals surface area contributed by atoms with E-state index in [9.17, 15) is 44.3 Å². The summed E-state index contributed by atoms with van der Waals surface area (Å²) in [5.74, 6) is -1.28. The molecule has 150 valence electrons. The summed E-state index contributed by atoms with van der Waals surface area (Å²) in [5.41, 5.74) is -6.13. The van der Waals surface area contributed by atoms with Crippen LogP contribution in [0.2, 0.25) is 5.02 Å². The fourth-order valence-corrected chi connectivity index (χ4v) is 2.31. The molecule has 0 aliphatic carbocycles. The molecule has 1 aliphatic heterocycles. The topological polar surface area (TPSA) is 53.2 Å². The number of hydrogen-bond donors (Lipinski definition) is 3. The largest absolute Gasteiger partial charge is 0.431 e. The van der Waals surface area contributed by atoms with Gasteiger partial charge >= 0.3 is 18.5 Å². The van der Waals surface area contributed by atoms with Gasteiger partial charge in [-0.25, -0.2) is 0 Å². The lowest BCUT2D eigenvalue weighted by Gasteiger charge is -2.29. The first-order chi connectivity index (χ1) is 12.1. The van der Waals surface area contributed by atoms with Crippen LogP contribution < -0.4 is 16.0 Å². The normalized spacial score (nSPS) is 18.5. The van der Waals surface area contributed by atoms with Gasteiger partial charge in [-0.1, -0.05) is 11.6 Å². The van der Waals surface area contributed by atoms with Crippen LogP contribution in [0.5, 0.6) is 0 Å². The predicted octanol–water partition coefficient (Wildman–Crippen LogP) is 4.24. The summed E-state index contributed by atoms with van der Waals surface area (Å²) >= 11 is 5.47. The maximum atomic E-state index is 12.9. The van der Waals surface area contributed by atoms with Crippen molar-refractivity contribution in [3.8, 4) is 0 Å². The third-order valence-corrected chi connectivity index (χ3v) is 3.58. The molecule has 27 heavy (non-hydrogen) atoms. The average Bonchev–Trinajstić information content (AvgIpc) is 2.45. The lowest BCUT2D eigenvalue weighted by molar-refractivity contribution is -0.143. The molecule has 0 fully saturated rings. The van der Waals surface area contributed by atoms with E-state index in [4.69, 9.17) is 11.6 Å². The minimum atomic E-state index is -5.27. The number of halogens is 10. The highest BCUT2D eigenvalue weighted by molar-refractivity contribution is 6.34. The molecule has 1 heterocycles. The van der Waals surface area contributed by atoms with Crippen LogP contribution >= 0.6 is 11.6 Å². The zero-order valence-corrected chi connectivity index (χ0v) is 13.3. The smallest absolute Gasteiger partial charge is 0.347 e. The number of carbonyl (C=O) groups excluding carboxylic acids is 1. The molecule has 0 spiro atoms. The number of benzene rings is 1. The fourth-order valence-electron chi connectivity index (χ4n) is 2.04. The van der Waals surface area contributed by atoms with Gasteiger partial charge < -0.3 is 16.0 Å². The molecule has 0 saturated carbocycles. The van der Waals surface area contributed by atoms with Gasteiger partial charge in [-0.15, -0.1) is 0 Å².